The van der Waals surface area contributed by atoms with Crippen LogP contribution in [0.15, 0.2) is 30.3 Å². The van der Waals surface area contributed by atoms with Crippen molar-refractivity contribution < 1.29 is 21.9 Å². The van der Waals surface area contributed by atoms with Crippen molar-refractivity contribution in [2.45, 2.75) is 57.9 Å². The van der Waals surface area contributed by atoms with E-state index < -0.39 is 15.8 Å². The molecule has 0 spiro atoms. The topological polar surface area (TPSA) is 94.1 Å². The van der Waals surface area contributed by atoms with Crippen LogP contribution in [-0.4, -0.2) is 42.0 Å². The van der Waals surface area contributed by atoms with Crippen LogP contribution in [0.4, 0.5) is 14.6 Å². The zero-order valence-corrected chi connectivity index (χ0v) is 21.1. The van der Waals surface area contributed by atoms with Gasteiger partial charge in [-0.1, -0.05) is 25.1 Å². The Bertz CT molecular complexity index is 1330. The summed E-state index contributed by atoms with van der Waals surface area (Å²) in [6, 6.07) is 8.00. The highest BCUT2D eigenvalue weighted by molar-refractivity contribution is 7.91. The first-order chi connectivity index (χ1) is 16.5. The van der Waals surface area contributed by atoms with Gasteiger partial charge in [0.05, 0.1) is 24.0 Å². The number of nitrogens with zero attached hydrogens (tertiary/aromatic N) is 3. The predicted octanol–water partition coefficient (Wildman–Crippen LogP) is 5.31. The molecule has 7 nitrogen and oxygen atoms in total. The molecule has 0 bridgehead atoms. The molecule has 1 aromatic carbocycles. The fourth-order valence-electron chi connectivity index (χ4n) is 4.46. The lowest BCUT2D eigenvalue weighted by molar-refractivity contribution is -0.00836. The fraction of sp³-hybridized carbons (Fsp3) is 0.480. The summed E-state index contributed by atoms with van der Waals surface area (Å²) in [5, 5.41) is 4.01. The molecule has 1 aliphatic heterocycles. The first kappa shape index (κ1) is 25.2. The summed E-state index contributed by atoms with van der Waals surface area (Å²) in [4.78, 5) is 13.6. The maximum Gasteiger partial charge on any atom is 0.273 e. The molecular formula is C25H30F2N4O3S. The van der Waals surface area contributed by atoms with Gasteiger partial charge in [-0.15, -0.1) is 0 Å². The fourth-order valence-corrected chi connectivity index (χ4v) is 5.95. The van der Waals surface area contributed by atoms with E-state index in [9.17, 15) is 17.2 Å². The first-order valence-electron chi connectivity index (χ1n) is 11.7. The minimum atomic E-state index is -3.01. The van der Waals surface area contributed by atoms with Gasteiger partial charge in [0.1, 0.15) is 21.5 Å². The second-order valence-electron chi connectivity index (χ2n) is 9.05. The van der Waals surface area contributed by atoms with Gasteiger partial charge in [0.2, 0.25) is 5.88 Å². The van der Waals surface area contributed by atoms with E-state index in [-0.39, 0.29) is 35.4 Å². The third-order valence-corrected chi connectivity index (χ3v) is 8.30. The van der Waals surface area contributed by atoms with Crippen LogP contribution in [0.5, 0.6) is 5.88 Å². The molecule has 0 amide bonds. The molecule has 10 heteroatoms. The number of hydrogen-bond donors (Lipinski definition) is 1. The molecule has 1 saturated heterocycles. The van der Waals surface area contributed by atoms with Crippen molar-refractivity contribution in [3.05, 3.63) is 52.8 Å². The molecule has 35 heavy (non-hydrogen) atoms. The monoisotopic (exact) mass is 504 g/mol. The Hall–Kier alpha value is -2.88. The summed E-state index contributed by atoms with van der Waals surface area (Å²) in [5.41, 5.74) is 1.96. The van der Waals surface area contributed by atoms with E-state index in [1.807, 2.05) is 13.0 Å². The van der Waals surface area contributed by atoms with Gasteiger partial charge in [-0.05, 0) is 50.3 Å². The van der Waals surface area contributed by atoms with E-state index in [1.54, 1.807) is 19.1 Å². The summed E-state index contributed by atoms with van der Waals surface area (Å²) < 4.78 is 57.9. The molecule has 0 saturated carbocycles. The number of alkyl halides is 2. The number of methoxy groups -OCH3 is 1. The molecule has 3 heterocycles. The molecule has 3 aromatic rings. The van der Waals surface area contributed by atoms with Crippen LogP contribution in [-0.2, 0) is 15.8 Å². The number of rotatable bonds is 7. The summed E-state index contributed by atoms with van der Waals surface area (Å²) >= 11 is 0. The number of benzene rings is 1. The number of pyridine rings is 1. The minimum absolute atomic E-state index is 0.00934. The second kappa shape index (κ2) is 9.64. The SMILES string of the molecule is CCC(F)(F)c1cccc([C@@H](C)Nc2nc(C)nc3nc(OC)c(C4CCS(=O)(=O)CC4)cc23)c1. The van der Waals surface area contributed by atoms with Gasteiger partial charge >= 0.3 is 0 Å². The Morgan fingerprint density at radius 1 is 1.17 bits per heavy atom. The molecule has 1 aliphatic rings. The van der Waals surface area contributed by atoms with E-state index in [2.05, 4.69) is 20.3 Å². The average Bonchev–Trinajstić information content (AvgIpc) is 2.83. The van der Waals surface area contributed by atoms with Crippen LogP contribution < -0.4 is 10.1 Å². The Balaban J connectivity index is 1.72. The largest absolute Gasteiger partial charge is 0.481 e. The van der Waals surface area contributed by atoms with Gasteiger partial charge in [0.15, 0.2) is 5.65 Å². The highest BCUT2D eigenvalue weighted by atomic mass is 32.2. The van der Waals surface area contributed by atoms with Gasteiger partial charge in [-0.25, -0.2) is 27.2 Å². The standard InChI is InChI=1S/C25H30F2N4O3S/c1-5-25(26,27)19-8-6-7-18(13-19)15(2)28-22-21-14-20(17-9-11-35(32,33)12-10-17)24(34-4)31-23(21)30-16(3)29-22/h6-8,13-15,17H,5,9-12H2,1-4H3,(H,28,29,30,31)/t15-/m1/s1. The molecule has 1 fully saturated rings. The lowest BCUT2D eigenvalue weighted by Gasteiger charge is -2.24. The van der Waals surface area contributed by atoms with E-state index in [0.29, 0.717) is 47.0 Å². The van der Waals surface area contributed by atoms with Crippen molar-refractivity contribution in [2.75, 3.05) is 23.9 Å². The molecule has 0 aliphatic carbocycles. The first-order valence-corrected chi connectivity index (χ1v) is 13.5. The van der Waals surface area contributed by atoms with Gasteiger partial charge < -0.3 is 10.1 Å². The van der Waals surface area contributed by atoms with Crippen molar-refractivity contribution in [1.29, 1.82) is 0 Å². The third-order valence-electron chi connectivity index (χ3n) is 6.59. The van der Waals surface area contributed by atoms with Gasteiger partial charge in [0.25, 0.3) is 5.92 Å². The molecule has 4 rings (SSSR count). The predicted molar refractivity (Wildman–Crippen MR) is 132 cm³/mol. The van der Waals surface area contributed by atoms with Crippen LogP contribution >= 0.6 is 0 Å². The van der Waals surface area contributed by atoms with E-state index in [4.69, 9.17) is 4.74 Å². The van der Waals surface area contributed by atoms with Crippen LogP contribution in [0.25, 0.3) is 11.0 Å². The lowest BCUT2D eigenvalue weighted by Crippen LogP contribution is -2.22. The number of sulfone groups is 1. The molecule has 2 aromatic heterocycles. The van der Waals surface area contributed by atoms with Crippen molar-refractivity contribution in [2.24, 2.45) is 0 Å². The van der Waals surface area contributed by atoms with Gasteiger partial charge in [0, 0.05) is 23.6 Å². The maximum atomic E-state index is 14.3. The van der Waals surface area contributed by atoms with E-state index in [1.165, 1.54) is 26.2 Å². The van der Waals surface area contributed by atoms with Crippen molar-refractivity contribution in [3.63, 3.8) is 0 Å². The summed E-state index contributed by atoms with van der Waals surface area (Å²) in [6.45, 7) is 5.10. The Labute approximate surface area is 204 Å². The second-order valence-corrected chi connectivity index (χ2v) is 11.4. The Kier molecular flexibility index (Phi) is 6.95. The summed E-state index contributed by atoms with van der Waals surface area (Å²) in [6.07, 6.45) is 0.721. The number of anilines is 1. The van der Waals surface area contributed by atoms with E-state index >= 15 is 0 Å². The number of aromatic nitrogens is 3. The number of nitrogens with one attached hydrogen (secondary N) is 1. The van der Waals surface area contributed by atoms with E-state index in [0.717, 1.165) is 5.56 Å². The normalized spacial score (nSPS) is 17.3. The smallest absolute Gasteiger partial charge is 0.273 e. The average molecular weight is 505 g/mol. The highest BCUT2D eigenvalue weighted by Crippen LogP contribution is 2.38. The minimum Gasteiger partial charge on any atom is -0.481 e. The number of hydrogen-bond acceptors (Lipinski definition) is 7. The summed E-state index contributed by atoms with van der Waals surface area (Å²) in [5.74, 6) is -1.18. The zero-order valence-electron chi connectivity index (χ0n) is 20.3. The zero-order chi connectivity index (χ0) is 25.4. The number of ether oxygens (including phenoxy) is 1. The van der Waals surface area contributed by atoms with Crippen LogP contribution in [0, 0.1) is 6.92 Å². The summed E-state index contributed by atoms with van der Waals surface area (Å²) in [7, 11) is -1.48. The third kappa shape index (κ3) is 5.37. The van der Waals surface area contributed by atoms with Crippen molar-refractivity contribution in [1.82, 2.24) is 15.0 Å². The van der Waals surface area contributed by atoms with Crippen LogP contribution in [0.3, 0.4) is 0 Å². The molecular weight excluding hydrogens is 474 g/mol. The molecule has 188 valence electrons. The molecule has 1 atom stereocenters. The van der Waals surface area contributed by atoms with Crippen molar-refractivity contribution >= 4 is 26.7 Å². The highest BCUT2D eigenvalue weighted by Gasteiger charge is 2.30. The number of aryl methyl sites for hydroxylation is 1. The quantitative estimate of drug-likeness (QED) is 0.466. The van der Waals surface area contributed by atoms with Gasteiger partial charge in [-0.3, -0.25) is 0 Å². The molecule has 0 radical (unpaired) electrons. The van der Waals surface area contributed by atoms with Crippen molar-refractivity contribution in [3.8, 4) is 5.88 Å². The van der Waals surface area contributed by atoms with Crippen LogP contribution in [0.2, 0.25) is 0 Å². The Morgan fingerprint density at radius 3 is 2.54 bits per heavy atom. The lowest BCUT2D eigenvalue weighted by atomic mass is 9.93. The van der Waals surface area contributed by atoms with Crippen LogP contribution in [0.1, 0.15) is 67.6 Å². The number of fused-ring (bicyclic) bond motifs is 1. The van der Waals surface area contributed by atoms with Gasteiger partial charge in [-0.2, -0.15) is 4.98 Å². The maximum absolute atomic E-state index is 14.3. The molecule has 0 unspecified atom stereocenters. The molecule has 1 N–H and O–H groups in total. The number of halogens is 2. The Morgan fingerprint density at radius 2 is 1.89 bits per heavy atom.